The van der Waals surface area contributed by atoms with E-state index in [-0.39, 0.29) is 12.0 Å². The molecule has 0 saturated heterocycles. The molecule has 0 N–H and O–H groups in total. The molecule has 1 aromatic rings. The Morgan fingerprint density at radius 3 is 2.75 bits per heavy atom. The first-order valence-corrected chi connectivity index (χ1v) is 7.73. The summed E-state index contributed by atoms with van der Waals surface area (Å²) in [5, 5.41) is 0. The van der Waals surface area contributed by atoms with Gasteiger partial charge >= 0.3 is 5.97 Å². The summed E-state index contributed by atoms with van der Waals surface area (Å²) in [5.41, 5.74) is 2.53. The number of hydrogen-bond donors (Lipinski definition) is 0. The van der Waals surface area contributed by atoms with Crippen molar-refractivity contribution in [3.05, 3.63) is 40.4 Å². The maximum Gasteiger partial charge on any atom is 0.323 e. The second kappa shape index (κ2) is 7.04. The predicted octanol–water partition coefficient (Wildman–Crippen LogP) is 3.49. The zero-order valence-electron chi connectivity index (χ0n) is 11.9. The number of esters is 1. The highest BCUT2D eigenvalue weighted by molar-refractivity contribution is 9.10. The van der Waals surface area contributed by atoms with Crippen LogP contribution in [0.4, 0.5) is 0 Å². The van der Waals surface area contributed by atoms with Crippen LogP contribution in [0.2, 0.25) is 0 Å². The summed E-state index contributed by atoms with van der Waals surface area (Å²) >= 11 is 3.45. The average molecular weight is 338 g/mol. The third kappa shape index (κ3) is 3.70. The van der Waals surface area contributed by atoms with Crippen molar-refractivity contribution in [3.63, 3.8) is 0 Å². The van der Waals surface area contributed by atoms with Crippen molar-refractivity contribution in [3.8, 4) is 0 Å². The number of hydrogen-bond acceptors (Lipinski definition) is 3. The summed E-state index contributed by atoms with van der Waals surface area (Å²) in [4.78, 5) is 14.0. The normalized spacial score (nSPS) is 20.1. The number of benzene rings is 1. The van der Waals surface area contributed by atoms with Crippen molar-refractivity contribution >= 4 is 27.5 Å². The molecule has 0 amide bonds. The molecule has 0 saturated carbocycles. The van der Waals surface area contributed by atoms with Crippen molar-refractivity contribution in [2.45, 2.75) is 25.8 Å². The third-order valence-corrected chi connectivity index (χ3v) is 4.16. The number of carbonyl (C=O) groups excluding carboxylic acids is 1. The maximum atomic E-state index is 11.9. The lowest BCUT2D eigenvalue weighted by molar-refractivity contribution is -0.148. The number of rotatable bonds is 3. The fraction of sp³-hybridized carbons (Fsp3) is 0.438. The molecule has 1 aliphatic heterocycles. The molecule has 2 rings (SSSR count). The Hall–Kier alpha value is -1.13. The standard InChI is InChI=1S/C16H20BrNO2/c1-3-20-16(19)15-9-6-13(10-11-18(15)2)12-4-7-14(17)8-5-12/h4-8,15H,3,9-11H2,1-2H3. The first-order chi connectivity index (χ1) is 9.61. The van der Waals surface area contributed by atoms with E-state index in [1.54, 1.807) is 0 Å². The Kier molecular flexibility index (Phi) is 5.38. The van der Waals surface area contributed by atoms with Crippen LogP contribution < -0.4 is 0 Å². The number of nitrogens with zero attached hydrogens (tertiary/aromatic N) is 1. The molecule has 1 aromatic carbocycles. The van der Waals surface area contributed by atoms with Gasteiger partial charge in [-0.1, -0.05) is 34.1 Å². The van der Waals surface area contributed by atoms with Gasteiger partial charge in [-0.15, -0.1) is 0 Å². The molecule has 1 unspecified atom stereocenters. The molecule has 1 aliphatic rings. The minimum absolute atomic E-state index is 0.122. The summed E-state index contributed by atoms with van der Waals surface area (Å²) in [6, 6.07) is 8.16. The van der Waals surface area contributed by atoms with E-state index in [2.05, 4.69) is 39.0 Å². The van der Waals surface area contributed by atoms with E-state index >= 15 is 0 Å². The molecule has 108 valence electrons. The highest BCUT2D eigenvalue weighted by Crippen LogP contribution is 2.25. The Morgan fingerprint density at radius 1 is 1.40 bits per heavy atom. The van der Waals surface area contributed by atoms with Gasteiger partial charge in [0.25, 0.3) is 0 Å². The lowest BCUT2D eigenvalue weighted by atomic mass is 10.0. The third-order valence-electron chi connectivity index (χ3n) is 3.63. The molecule has 1 heterocycles. The Bertz CT molecular complexity index is 496. The summed E-state index contributed by atoms with van der Waals surface area (Å²) in [5.74, 6) is -0.122. The van der Waals surface area contributed by atoms with Gasteiger partial charge in [0.2, 0.25) is 0 Å². The molecule has 0 bridgehead atoms. The molecule has 0 radical (unpaired) electrons. The molecular weight excluding hydrogens is 318 g/mol. The van der Waals surface area contributed by atoms with Gasteiger partial charge in [0.1, 0.15) is 6.04 Å². The second-order valence-electron chi connectivity index (χ2n) is 4.97. The van der Waals surface area contributed by atoms with Crippen LogP contribution in [0.25, 0.3) is 5.57 Å². The fourth-order valence-corrected chi connectivity index (χ4v) is 2.69. The minimum atomic E-state index is -0.164. The van der Waals surface area contributed by atoms with Gasteiger partial charge in [-0.05, 0) is 50.1 Å². The molecule has 1 atom stereocenters. The molecule has 20 heavy (non-hydrogen) atoms. The number of carbonyl (C=O) groups is 1. The zero-order chi connectivity index (χ0) is 14.5. The van der Waals surface area contributed by atoms with E-state index in [4.69, 9.17) is 4.74 Å². The van der Waals surface area contributed by atoms with E-state index in [0.29, 0.717) is 13.0 Å². The zero-order valence-corrected chi connectivity index (χ0v) is 13.5. The summed E-state index contributed by atoms with van der Waals surface area (Å²) in [7, 11) is 1.99. The quantitative estimate of drug-likeness (QED) is 0.790. The van der Waals surface area contributed by atoms with Gasteiger partial charge in [-0.3, -0.25) is 9.69 Å². The number of halogens is 1. The fourth-order valence-electron chi connectivity index (χ4n) is 2.43. The molecule has 0 aromatic heterocycles. The second-order valence-corrected chi connectivity index (χ2v) is 5.89. The van der Waals surface area contributed by atoms with Crippen LogP contribution in [0, 0.1) is 0 Å². The van der Waals surface area contributed by atoms with E-state index in [0.717, 1.165) is 17.4 Å². The van der Waals surface area contributed by atoms with Gasteiger partial charge in [0.05, 0.1) is 6.61 Å². The molecule has 0 fully saturated rings. The first-order valence-electron chi connectivity index (χ1n) is 6.93. The van der Waals surface area contributed by atoms with Crippen LogP contribution in [0.1, 0.15) is 25.3 Å². The van der Waals surface area contributed by atoms with Crippen molar-refractivity contribution in [1.82, 2.24) is 4.90 Å². The van der Waals surface area contributed by atoms with E-state index < -0.39 is 0 Å². The van der Waals surface area contributed by atoms with E-state index in [1.807, 2.05) is 26.1 Å². The topological polar surface area (TPSA) is 29.5 Å². The Balaban J connectivity index is 2.14. The highest BCUT2D eigenvalue weighted by atomic mass is 79.9. The van der Waals surface area contributed by atoms with E-state index in [1.165, 1.54) is 11.1 Å². The highest BCUT2D eigenvalue weighted by Gasteiger charge is 2.25. The Morgan fingerprint density at radius 2 is 2.10 bits per heavy atom. The maximum absolute atomic E-state index is 11.9. The Labute approximate surface area is 128 Å². The molecule has 4 heteroatoms. The number of likely N-dealkylation sites (N-methyl/N-ethyl adjacent to an activating group) is 1. The predicted molar refractivity (Wildman–Crippen MR) is 84.4 cm³/mol. The average Bonchev–Trinajstić information content (AvgIpc) is 2.62. The van der Waals surface area contributed by atoms with Crippen LogP contribution in [-0.2, 0) is 9.53 Å². The largest absolute Gasteiger partial charge is 0.465 e. The SMILES string of the molecule is CCOC(=O)C1CC=C(c2ccc(Br)cc2)CCN1C. The van der Waals surface area contributed by atoms with Gasteiger partial charge in [0.15, 0.2) is 0 Å². The molecule has 0 spiro atoms. The first kappa shape index (κ1) is 15.3. The van der Waals surface area contributed by atoms with Crippen LogP contribution in [0.15, 0.2) is 34.8 Å². The van der Waals surface area contributed by atoms with Gasteiger partial charge < -0.3 is 4.74 Å². The van der Waals surface area contributed by atoms with Crippen LogP contribution >= 0.6 is 15.9 Å². The van der Waals surface area contributed by atoms with Crippen LogP contribution in [0.3, 0.4) is 0 Å². The van der Waals surface area contributed by atoms with E-state index in [9.17, 15) is 4.79 Å². The van der Waals surface area contributed by atoms with Gasteiger partial charge in [-0.25, -0.2) is 0 Å². The van der Waals surface area contributed by atoms with Crippen molar-refractivity contribution in [2.75, 3.05) is 20.2 Å². The van der Waals surface area contributed by atoms with Crippen LogP contribution in [0.5, 0.6) is 0 Å². The van der Waals surface area contributed by atoms with Gasteiger partial charge in [-0.2, -0.15) is 0 Å². The lowest BCUT2D eigenvalue weighted by Crippen LogP contribution is -2.39. The lowest BCUT2D eigenvalue weighted by Gasteiger charge is -2.23. The summed E-state index contributed by atoms with van der Waals surface area (Å²) in [6.45, 7) is 3.15. The number of ether oxygens (including phenoxy) is 1. The van der Waals surface area contributed by atoms with Crippen molar-refractivity contribution in [1.29, 1.82) is 0 Å². The molecule has 3 nitrogen and oxygen atoms in total. The smallest absolute Gasteiger partial charge is 0.323 e. The summed E-state index contributed by atoms with van der Waals surface area (Å²) < 4.78 is 6.23. The molecular formula is C16H20BrNO2. The molecule has 0 aliphatic carbocycles. The van der Waals surface area contributed by atoms with Crippen molar-refractivity contribution in [2.24, 2.45) is 0 Å². The van der Waals surface area contributed by atoms with Crippen molar-refractivity contribution < 1.29 is 9.53 Å². The monoisotopic (exact) mass is 337 g/mol. The van der Waals surface area contributed by atoms with Gasteiger partial charge in [0, 0.05) is 11.0 Å². The minimum Gasteiger partial charge on any atom is -0.465 e. The van der Waals surface area contributed by atoms with Crippen LogP contribution in [-0.4, -0.2) is 37.1 Å². The summed E-state index contributed by atoms with van der Waals surface area (Å²) in [6.07, 6.45) is 3.84.